The number of carbonyl (C=O) groups excluding carboxylic acids is 1. The molecular formula is C16H24N8O. The summed E-state index contributed by atoms with van der Waals surface area (Å²) in [6.07, 6.45) is 6.28. The standard InChI is InChI=1S/C16H24N8O/c1-22-15-14(20-21-22)16(18-11-17-15)24-8-6-23(7-9-24)10-13(25)19-12-4-2-3-5-12/h11-12H,2-10H2,1H3,(H,19,25). The number of aromatic nitrogens is 5. The van der Waals surface area contributed by atoms with Gasteiger partial charge in [-0.3, -0.25) is 9.69 Å². The third-order valence-electron chi connectivity index (χ3n) is 5.13. The molecule has 0 bridgehead atoms. The topological polar surface area (TPSA) is 92.1 Å². The van der Waals surface area contributed by atoms with Crippen LogP contribution in [0.1, 0.15) is 25.7 Å². The summed E-state index contributed by atoms with van der Waals surface area (Å²) >= 11 is 0. The third-order valence-corrected chi connectivity index (χ3v) is 5.13. The minimum Gasteiger partial charge on any atom is -0.352 e. The van der Waals surface area contributed by atoms with Crippen molar-refractivity contribution in [2.24, 2.45) is 7.05 Å². The van der Waals surface area contributed by atoms with Gasteiger partial charge in [0, 0.05) is 39.3 Å². The number of nitrogens with zero attached hydrogens (tertiary/aromatic N) is 7. The highest BCUT2D eigenvalue weighted by Gasteiger charge is 2.24. The molecule has 2 aromatic rings. The van der Waals surface area contributed by atoms with Crippen LogP contribution in [0.15, 0.2) is 6.33 Å². The van der Waals surface area contributed by atoms with Crippen molar-refractivity contribution in [3.63, 3.8) is 0 Å². The van der Waals surface area contributed by atoms with E-state index in [0.29, 0.717) is 12.6 Å². The number of aryl methyl sites for hydroxylation is 1. The SMILES string of the molecule is Cn1nnc2c(N3CCN(CC(=O)NC4CCCC4)CC3)ncnc21. The van der Waals surface area contributed by atoms with E-state index in [1.807, 2.05) is 7.05 Å². The molecule has 0 spiro atoms. The quantitative estimate of drug-likeness (QED) is 0.830. The molecule has 4 rings (SSSR count). The van der Waals surface area contributed by atoms with Crippen LogP contribution >= 0.6 is 0 Å². The van der Waals surface area contributed by atoms with E-state index in [2.05, 4.69) is 35.4 Å². The Bertz CT molecular complexity index is 746. The molecule has 1 aliphatic heterocycles. The maximum Gasteiger partial charge on any atom is 0.234 e. The number of hydrogen-bond acceptors (Lipinski definition) is 7. The lowest BCUT2D eigenvalue weighted by atomic mass is 10.2. The number of piperazine rings is 1. The number of anilines is 1. The molecule has 1 amide bonds. The summed E-state index contributed by atoms with van der Waals surface area (Å²) in [5, 5.41) is 11.4. The minimum absolute atomic E-state index is 0.152. The molecule has 1 saturated carbocycles. The fourth-order valence-corrected chi connectivity index (χ4v) is 3.74. The lowest BCUT2D eigenvalue weighted by molar-refractivity contribution is -0.123. The van der Waals surface area contributed by atoms with Crippen LogP contribution in [0.3, 0.4) is 0 Å². The van der Waals surface area contributed by atoms with Crippen LogP contribution < -0.4 is 10.2 Å². The highest BCUT2D eigenvalue weighted by atomic mass is 16.2. The minimum atomic E-state index is 0.152. The average molecular weight is 344 g/mol. The Hall–Kier alpha value is -2.29. The first-order valence-electron chi connectivity index (χ1n) is 8.98. The maximum absolute atomic E-state index is 12.2. The van der Waals surface area contributed by atoms with E-state index in [1.54, 1.807) is 11.0 Å². The molecule has 25 heavy (non-hydrogen) atoms. The van der Waals surface area contributed by atoms with E-state index < -0.39 is 0 Å². The predicted octanol–water partition coefficient (Wildman–Crippen LogP) is -0.0609. The predicted molar refractivity (Wildman–Crippen MR) is 93.2 cm³/mol. The second-order valence-electron chi connectivity index (χ2n) is 6.89. The van der Waals surface area contributed by atoms with Crippen LogP contribution in [0.25, 0.3) is 11.2 Å². The maximum atomic E-state index is 12.2. The van der Waals surface area contributed by atoms with Gasteiger partial charge in [0.25, 0.3) is 0 Å². The Morgan fingerprint density at radius 2 is 1.96 bits per heavy atom. The van der Waals surface area contributed by atoms with Gasteiger partial charge in [-0.2, -0.15) is 0 Å². The number of amides is 1. The molecule has 0 atom stereocenters. The lowest BCUT2D eigenvalue weighted by Gasteiger charge is -2.35. The van der Waals surface area contributed by atoms with Gasteiger partial charge in [-0.15, -0.1) is 5.10 Å². The van der Waals surface area contributed by atoms with Gasteiger partial charge in [-0.1, -0.05) is 18.1 Å². The molecule has 1 aliphatic carbocycles. The largest absolute Gasteiger partial charge is 0.352 e. The van der Waals surface area contributed by atoms with Crippen molar-refractivity contribution in [1.82, 2.24) is 35.2 Å². The first kappa shape index (κ1) is 16.2. The van der Waals surface area contributed by atoms with Gasteiger partial charge in [0.15, 0.2) is 17.0 Å². The van der Waals surface area contributed by atoms with Gasteiger partial charge in [-0.25, -0.2) is 14.6 Å². The zero-order chi connectivity index (χ0) is 17.2. The Morgan fingerprint density at radius 3 is 2.72 bits per heavy atom. The molecule has 9 nitrogen and oxygen atoms in total. The number of fused-ring (bicyclic) bond motifs is 1. The Labute approximate surface area is 146 Å². The summed E-state index contributed by atoms with van der Waals surface area (Å²) in [5.74, 6) is 0.979. The smallest absolute Gasteiger partial charge is 0.234 e. The van der Waals surface area contributed by atoms with Crippen molar-refractivity contribution in [2.75, 3.05) is 37.6 Å². The van der Waals surface area contributed by atoms with Crippen molar-refractivity contribution in [1.29, 1.82) is 0 Å². The summed E-state index contributed by atoms with van der Waals surface area (Å²) < 4.78 is 1.66. The molecule has 2 aliphatic rings. The summed E-state index contributed by atoms with van der Waals surface area (Å²) in [6, 6.07) is 0.389. The molecule has 0 unspecified atom stereocenters. The molecule has 1 saturated heterocycles. The number of nitrogens with one attached hydrogen (secondary N) is 1. The van der Waals surface area contributed by atoms with Crippen LogP contribution in [0.4, 0.5) is 5.82 Å². The second-order valence-corrected chi connectivity index (χ2v) is 6.89. The first-order valence-corrected chi connectivity index (χ1v) is 8.98. The fraction of sp³-hybridized carbons (Fsp3) is 0.688. The molecule has 0 aromatic carbocycles. The van der Waals surface area contributed by atoms with Crippen LogP contribution in [0.2, 0.25) is 0 Å². The van der Waals surface area contributed by atoms with Crippen molar-refractivity contribution in [3.05, 3.63) is 6.33 Å². The van der Waals surface area contributed by atoms with Crippen molar-refractivity contribution < 1.29 is 4.79 Å². The van der Waals surface area contributed by atoms with Gasteiger partial charge in [-0.05, 0) is 12.8 Å². The van der Waals surface area contributed by atoms with E-state index in [9.17, 15) is 4.79 Å². The zero-order valence-corrected chi connectivity index (χ0v) is 14.6. The molecule has 2 aromatic heterocycles. The van der Waals surface area contributed by atoms with Crippen LogP contribution in [0.5, 0.6) is 0 Å². The number of rotatable bonds is 4. The lowest BCUT2D eigenvalue weighted by Crippen LogP contribution is -2.50. The normalized spacial score (nSPS) is 19.6. The summed E-state index contributed by atoms with van der Waals surface area (Å²) in [6.45, 7) is 3.79. The van der Waals surface area contributed by atoms with E-state index in [0.717, 1.165) is 56.0 Å². The van der Waals surface area contributed by atoms with Crippen LogP contribution in [0, 0.1) is 0 Å². The van der Waals surface area contributed by atoms with E-state index in [4.69, 9.17) is 0 Å². The van der Waals surface area contributed by atoms with E-state index in [1.165, 1.54) is 12.8 Å². The average Bonchev–Trinajstić information content (AvgIpc) is 3.26. The third kappa shape index (κ3) is 3.41. The van der Waals surface area contributed by atoms with E-state index >= 15 is 0 Å². The molecule has 9 heteroatoms. The van der Waals surface area contributed by atoms with Crippen LogP contribution in [-0.4, -0.2) is 74.5 Å². The van der Waals surface area contributed by atoms with Crippen molar-refractivity contribution in [3.8, 4) is 0 Å². The van der Waals surface area contributed by atoms with E-state index in [-0.39, 0.29) is 5.91 Å². The highest BCUT2D eigenvalue weighted by molar-refractivity contribution is 5.82. The van der Waals surface area contributed by atoms with Gasteiger partial charge in [0.1, 0.15) is 6.33 Å². The fourth-order valence-electron chi connectivity index (χ4n) is 3.74. The number of carbonyl (C=O) groups is 1. The Kier molecular flexibility index (Phi) is 4.48. The van der Waals surface area contributed by atoms with Gasteiger partial charge < -0.3 is 10.2 Å². The van der Waals surface area contributed by atoms with Crippen molar-refractivity contribution >= 4 is 22.9 Å². The van der Waals surface area contributed by atoms with Gasteiger partial charge in [0.2, 0.25) is 5.91 Å². The zero-order valence-electron chi connectivity index (χ0n) is 14.6. The summed E-state index contributed by atoms with van der Waals surface area (Å²) in [5.41, 5.74) is 1.47. The van der Waals surface area contributed by atoms with Crippen LogP contribution in [-0.2, 0) is 11.8 Å². The second kappa shape index (κ2) is 6.91. The Morgan fingerprint density at radius 1 is 1.20 bits per heavy atom. The molecule has 1 N–H and O–H groups in total. The van der Waals surface area contributed by atoms with Gasteiger partial charge in [0.05, 0.1) is 6.54 Å². The molecular weight excluding hydrogens is 320 g/mol. The van der Waals surface area contributed by atoms with Gasteiger partial charge >= 0.3 is 0 Å². The number of hydrogen-bond donors (Lipinski definition) is 1. The summed E-state index contributed by atoms with van der Waals surface area (Å²) in [7, 11) is 1.83. The molecule has 2 fully saturated rings. The molecule has 0 radical (unpaired) electrons. The molecule has 3 heterocycles. The first-order chi connectivity index (χ1) is 12.2. The van der Waals surface area contributed by atoms with Crippen molar-refractivity contribution in [2.45, 2.75) is 31.7 Å². The molecule has 134 valence electrons. The summed E-state index contributed by atoms with van der Waals surface area (Å²) in [4.78, 5) is 25.2. The Balaban J connectivity index is 1.34. The monoisotopic (exact) mass is 344 g/mol. The highest BCUT2D eigenvalue weighted by Crippen LogP contribution is 2.21.